The van der Waals surface area contributed by atoms with Gasteiger partial charge in [-0.25, -0.2) is 9.78 Å². The zero-order valence-corrected chi connectivity index (χ0v) is 22.8. The van der Waals surface area contributed by atoms with E-state index in [1.54, 1.807) is 30.0 Å². The number of benzene rings is 2. The molecular weight excluding hydrogens is 494 g/mol. The van der Waals surface area contributed by atoms with Crippen LogP contribution < -0.4 is 20.7 Å². The van der Waals surface area contributed by atoms with E-state index >= 15 is 0 Å². The van der Waals surface area contributed by atoms with Gasteiger partial charge in [0.1, 0.15) is 11.6 Å². The van der Waals surface area contributed by atoms with Crippen molar-refractivity contribution in [3.63, 3.8) is 0 Å². The van der Waals surface area contributed by atoms with Crippen molar-refractivity contribution in [1.29, 1.82) is 0 Å². The van der Waals surface area contributed by atoms with Crippen LogP contribution in [0.1, 0.15) is 13.8 Å². The van der Waals surface area contributed by atoms with Crippen LogP contribution in [0.3, 0.4) is 0 Å². The number of anilines is 3. The minimum atomic E-state index is -0.530. The van der Waals surface area contributed by atoms with E-state index in [0.29, 0.717) is 35.1 Å². The van der Waals surface area contributed by atoms with E-state index in [-0.39, 0.29) is 5.92 Å². The second-order valence-electron chi connectivity index (χ2n) is 10.2. The van der Waals surface area contributed by atoms with Gasteiger partial charge in [-0.05, 0) is 48.4 Å². The van der Waals surface area contributed by atoms with Gasteiger partial charge in [0.25, 0.3) is 0 Å². The summed E-state index contributed by atoms with van der Waals surface area (Å²) in [7, 11) is 3.70. The first kappa shape index (κ1) is 26.3. The number of carbonyl (C=O) groups excluding carboxylic acids is 1. The van der Waals surface area contributed by atoms with E-state index < -0.39 is 6.09 Å². The second-order valence-corrected chi connectivity index (χ2v) is 10.2. The van der Waals surface area contributed by atoms with E-state index in [9.17, 15) is 4.79 Å². The van der Waals surface area contributed by atoms with Crippen molar-refractivity contribution in [2.24, 2.45) is 5.92 Å². The number of rotatable bonds is 7. The summed E-state index contributed by atoms with van der Waals surface area (Å²) in [6.07, 6.45) is 3.03. The number of likely N-dealkylation sites (N-methyl/N-ethyl adjacent to an activating group) is 1. The Kier molecular flexibility index (Phi) is 7.56. The second kappa shape index (κ2) is 11.2. The number of piperazine rings is 1. The van der Waals surface area contributed by atoms with Crippen LogP contribution in [0, 0.1) is 5.92 Å². The molecule has 10 heteroatoms. The molecule has 4 aromatic rings. The number of aromatic nitrogens is 3. The van der Waals surface area contributed by atoms with Crippen LogP contribution in [0.15, 0.2) is 54.9 Å². The summed E-state index contributed by atoms with van der Waals surface area (Å²) in [4.78, 5) is 21.6. The van der Waals surface area contributed by atoms with E-state index in [4.69, 9.17) is 20.2 Å². The molecule has 3 heterocycles. The molecule has 1 amide bonds. The highest BCUT2D eigenvalue weighted by Crippen LogP contribution is 2.35. The maximum absolute atomic E-state index is 12.1. The first-order valence-electron chi connectivity index (χ1n) is 13.1. The zero-order valence-electron chi connectivity index (χ0n) is 22.8. The van der Waals surface area contributed by atoms with Crippen LogP contribution in [0.2, 0.25) is 0 Å². The van der Waals surface area contributed by atoms with Crippen LogP contribution in [0.5, 0.6) is 5.75 Å². The Bertz CT molecular complexity index is 1480. The number of amides is 1. The smallest absolute Gasteiger partial charge is 0.411 e. The molecule has 0 aliphatic carbocycles. The predicted octanol–water partition coefficient (Wildman–Crippen LogP) is 4.61. The van der Waals surface area contributed by atoms with E-state index in [1.807, 2.05) is 26.1 Å². The van der Waals surface area contributed by atoms with E-state index in [2.05, 4.69) is 51.5 Å². The molecule has 0 spiro atoms. The Morgan fingerprint density at radius 3 is 2.56 bits per heavy atom. The van der Waals surface area contributed by atoms with Crippen molar-refractivity contribution < 1.29 is 14.3 Å². The standard InChI is InChI=1S/C29H35N7O3/c1-19(2)18-39-29(37)33-25-9-8-21(15-26(25)38-4)23-16-31-28-24(17-32-36(28)27(23)30)20-6-5-7-22(14-20)35-12-10-34(3)11-13-35/h5-9,14-17,19H,10-13,18,30H2,1-4H3,(H,33,37). The molecule has 0 bridgehead atoms. The Morgan fingerprint density at radius 2 is 1.82 bits per heavy atom. The molecule has 39 heavy (non-hydrogen) atoms. The summed E-state index contributed by atoms with van der Waals surface area (Å²) in [5.41, 5.74) is 12.4. The molecule has 0 atom stereocenters. The van der Waals surface area contributed by atoms with Crippen molar-refractivity contribution in [1.82, 2.24) is 19.5 Å². The molecule has 204 valence electrons. The van der Waals surface area contributed by atoms with Crippen LogP contribution >= 0.6 is 0 Å². The lowest BCUT2D eigenvalue weighted by atomic mass is 10.1. The van der Waals surface area contributed by atoms with Crippen molar-refractivity contribution in [2.45, 2.75) is 13.8 Å². The minimum absolute atomic E-state index is 0.245. The summed E-state index contributed by atoms with van der Waals surface area (Å²) >= 11 is 0. The average Bonchev–Trinajstić information content (AvgIpc) is 3.38. The van der Waals surface area contributed by atoms with Crippen molar-refractivity contribution in [2.75, 3.05) is 62.9 Å². The quantitative estimate of drug-likeness (QED) is 0.357. The number of ether oxygens (including phenoxy) is 2. The Morgan fingerprint density at radius 1 is 1.05 bits per heavy atom. The van der Waals surface area contributed by atoms with Gasteiger partial charge in [0.05, 0.1) is 25.6 Å². The van der Waals surface area contributed by atoms with Crippen LogP contribution in [0.4, 0.5) is 22.0 Å². The van der Waals surface area contributed by atoms with Gasteiger partial charge in [-0.15, -0.1) is 0 Å². The molecular formula is C29H35N7O3. The summed E-state index contributed by atoms with van der Waals surface area (Å²) < 4.78 is 12.4. The molecule has 10 nitrogen and oxygen atoms in total. The fourth-order valence-electron chi connectivity index (χ4n) is 4.66. The topological polar surface area (TPSA) is 110 Å². The molecule has 0 radical (unpaired) electrons. The third-order valence-corrected chi connectivity index (χ3v) is 6.89. The molecule has 5 rings (SSSR count). The molecule has 0 unspecified atom stereocenters. The van der Waals surface area contributed by atoms with Gasteiger partial charge in [0.2, 0.25) is 0 Å². The lowest BCUT2D eigenvalue weighted by molar-refractivity contribution is 0.147. The normalized spacial score (nSPS) is 14.1. The number of nitrogens with one attached hydrogen (secondary N) is 1. The first-order valence-corrected chi connectivity index (χ1v) is 13.1. The molecule has 1 aliphatic heterocycles. The van der Waals surface area contributed by atoms with Crippen molar-refractivity contribution >= 4 is 28.9 Å². The number of hydrogen-bond acceptors (Lipinski definition) is 8. The molecule has 1 aliphatic rings. The molecule has 3 N–H and O–H groups in total. The monoisotopic (exact) mass is 529 g/mol. The Balaban J connectivity index is 1.41. The van der Waals surface area contributed by atoms with Crippen LogP contribution in [-0.4, -0.2) is 72.5 Å². The fourth-order valence-corrected chi connectivity index (χ4v) is 4.66. The summed E-state index contributed by atoms with van der Waals surface area (Å²) in [6.45, 7) is 8.39. The third kappa shape index (κ3) is 5.61. The molecule has 1 fully saturated rings. The van der Waals surface area contributed by atoms with Gasteiger partial charge < -0.3 is 25.0 Å². The largest absolute Gasteiger partial charge is 0.495 e. The van der Waals surface area contributed by atoms with Gasteiger partial charge in [-0.2, -0.15) is 9.61 Å². The SMILES string of the molecule is COc1cc(-c2cnc3c(-c4cccc(N5CCN(C)CC5)c4)cnn3c2N)ccc1NC(=O)OCC(C)C. The first-order chi connectivity index (χ1) is 18.8. The molecule has 2 aromatic carbocycles. The maximum atomic E-state index is 12.1. The molecule has 2 aromatic heterocycles. The van der Waals surface area contributed by atoms with Gasteiger partial charge in [0, 0.05) is 49.2 Å². The van der Waals surface area contributed by atoms with Gasteiger partial charge in [0.15, 0.2) is 5.65 Å². The van der Waals surface area contributed by atoms with Crippen molar-refractivity contribution in [3.05, 3.63) is 54.9 Å². The summed E-state index contributed by atoms with van der Waals surface area (Å²) in [6, 6.07) is 13.9. The summed E-state index contributed by atoms with van der Waals surface area (Å²) in [5.74, 6) is 1.19. The van der Waals surface area contributed by atoms with Crippen LogP contribution in [0.25, 0.3) is 27.9 Å². The van der Waals surface area contributed by atoms with E-state index in [0.717, 1.165) is 42.9 Å². The number of fused-ring (bicyclic) bond motifs is 1. The minimum Gasteiger partial charge on any atom is -0.495 e. The number of nitrogen functional groups attached to an aromatic ring is 1. The fraction of sp³-hybridized carbons (Fsp3) is 0.345. The van der Waals surface area contributed by atoms with Crippen molar-refractivity contribution in [3.8, 4) is 28.0 Å². The zero-order chi connectivity index (χ0) is 27.5. The number of hydrogen-bond donors (Lipinski definition) is 2. The van der Waals surface area contributed by atoms with Gasteiger partial charge >= 0.3 is 6.09 Å². The Hall–Kier alpha value is -4.31. The lowest BCUT2D eigenvalue weighted by Crippen LogP contribution is -2.44. The lowest BCUT2D eigenvalue weighted by Gasteiger charge is -2.34. The van der Waals surface area contributed by atoms with Crippen LogP contribution in [-0.2, 0) is 4.74 Å². The number of carbonyl (C=O) groups is 1. The number of nitrogens with two attached hydrogens (primary N) is 1. The number of methoxy groups -OCH3 is 1. The predicted molar refractivity (Wildman–Crippen MR) is 154 cm³/mol. The van der Waals surface area contributed by atoms with E-state index in [1.165, 1.54) is 5.69 Å². The number of nitrogens with zero attached hydrogens (tertiary/aromatic N) is 5. The molecule has 1 saturated heterocycles. The van der Waals surface area contributed by atoms with Gasteiger partial charge in [-0.3, -0.25) is 5.32 Å². The third-order valence-electron chi connectivity index (χ3n) is 6.89. The highest BCUT2D eigenvalue weighted by molar-refractivity contribution is 5.89. The average molecular weight is 530 g/mol. The summed E-state index contributed by atoms with van der Waals surface area (Å²) in [5, 5.41) is 7.31. The van der Waals surface area contributed by atoms with Gasteiger partial charge in [-0.1, -0.05) is 32.0 Å². The molecule has 0 saturated carbocycles. The maximum Gasteiger partial charge on any atom is 0.411 e. The highest BCUT2D eigenvalue weighted by atomic mass is 16.5. The Labute approximate surface area is 228 Å². The highest BCUT2D eigenvalue weighted by Gasteiger charge is 2.18.